The Labute approximate surface area is 211 Å². The molecule has 3 aromatic rings. The molecule has 3 aromatic carbocycles. The van der Waals surface area contributed by atoms with Crippen LogP contribution < -0.4 is 19.4 Å². The molecule has 0 unspecified atom stereocenters. The van der Waals surface area contributed by atoms with Gasteiger partial charge in [0.25, 0.3) is 15.9 Å². The fraction of sp³-hybridized carbons (Fsp3) is 0.185. The van der Waals surface area contributed by atoms with Crippen LogP contribution >= 0.6 is 0 Å². The van der Waals surface area contributed by atoms with Gasteiger partial charge in [-0.2, -0.15) is 10.1 Å². The molecule has 1 N–H and O–H groups in total. The predicted octanol–water partition coefficient (Wildman–Crippen LogP) is 4.76. The second-order valence-electron chi connectivity index (χ2n) is 8.36. The Bertz CT molecular complexity index is 1430. The minimum atomic E-state index is -3.71. The highest BCUT2D eigenvalue weighted by Gasteiger charge is 2.30. The standard InChI is InChI=1S/C27H28N4O4S/c1-5-25-24(17-19-11-14-22(30(2)3)18-26(19)35-4)27(32)31(28-25)21-15-12-20(13-16-21)29-36(33,34)23-9-7-6-8-10-23/h6-18,29H,5H2,1-4H3. The molecule has 9 heteroatoms. The molecule has 0 bridgehead atoms. The van der Waals surface area contributed by atoms with E-state index < -0.39 is 10.0 Å². The van der Waals surface area contributed by atoms with Gasteiger partial charge in [-0.3, -0.25) is 9.52 Å². The summed E-state index contributed by atoms with van der Waals surface area (Å²) in [6, 6.07) is 20.5. The van der Waals surface area contributed by atoms with Crippen molar-refractivity contribution in [1.82, 2.24) is 0 Å². The van der Waals surface area contributed by atoms with Gasteiger partial charge in [-0.25, -0.2) is 8.42 Å². The molecule has 0 spiro atoms. The third kappa shape index (κ3) is 5.11. The molecule has 186 valence electrons. The van der Waals surface area contributed by atoms with E-state index in [0.29, 0.717) is 34.8 Å². The fourth-order valence-corrected chi connectivity index (χ4v) is 4.86. The van der Waals surface area contributed by atoms with Gasteiger partial charge >= 0.3 is 0 Å². The molecule has 1 amide bonds. The molecule has 0 aromatic heterocycles. The Morgan fingerprint density at radius 2 is 1.72 bits per heavy atom. The lowest BCUT2D eigenvalue weighted by molar-refractivity contribution is -0.114. The van der Waals surface area contributed by atoms with Crippen LogP contribution in [0.5, 0.6) is 5.75 Å². The first kappa shape index (κ1) is 25.0. The van der Waals surface area contributed by atoms with E-state index in [9.17, 15) is 13.2 Å². The maximum Gasteiger partial charge on any atom is 0.280 e. The normalized spacial score (nSPS) is 14.7. The van der Waals surface area contributed by atoms with Crippen LogP contribution in [-0.2, 0) is 14.8 Å². The Hall–Kier alpha value is -4.11. The number of sulfonamides is 1. The maximum absolute atomic E-state index is 13.3. The monoisotopic (exact) mass is 504 g/mol. The van der Waals surface area contributed by atoms with Crippen molar-refractivity contribution in [2.45, 2.75) is 18.2 Å². The molecule has 4 rings (SSSR count). The lowest BCUT2D eigenvalue weighted by Crippen LogP contribution is -2.21. The Kier molecular flexibility index (Phi) is 7.12. The summed E-state index contributed by atoms with van der Waals surface area (Å²) in [6.45, 7) is 1.94. The van der Waals surface area contributed by atoms with Crippen LogP contribution in [0.15, 0.2) is 88.4 Å². The zero-order valence-electron chi connectivity index (χ0n) is 20.6. The van der Waals surface area contributed by atoms with Crippen LogP contribution in [0, 0.1) is 0 Å². The van der Waals surface area contributed by atoms with Crippen molar-refractivity contribution < 1.29 is 17.9 Å². The van der Waals surface area contributed by atoms with E-state index in [1.165, 1.54) is 17.1 Å². The van der Waals surface area contributed by atoms with E-state index in [1.54, 1.807) is 55.7 Å². The first-order valence-corrected chi connectivity index (χ1v) is 12.9. The molecule has 0 aliphatic carbocycles. The third-order valence-corrected chi connectivity index (χ3v) is 7.14. The molecule has 0 atom stereocenters. The largest absolute Gasteiger partial charge is 0.496 e. The number of ether oxygens (including phenoxy) is 1. The number of nitrogens with zero attached hydrogens (tertiary/aromatic N) is 3. The van der Waals surface area contributed by atoms with Crippen LogP contribution in [0.2, 0.25) is 0 Å². The lowest BCUT2D eigenvalue weighted by Gasteiger charge is -2.15. The van der Waals surface area contributed by atoms with E-state index in [4.69, 9.17) is 4.74 Å². The van der Waals surface area contributed by atoms with Crippen molar-refractivity contribution in [3.63, 3.8) is 0 Å². The highest BCUT2D eigenvalue weighted by atomic mass is 32.2. The lowest BCUT2D eigenvalue weighted by atomic mass is 10.0. The molecule has 1 aliphatic rings. The van der Waals surface area contributed by atoms with Crippen molar-refractivity contribution in [2.75, 3.05) is 35.8 Å². The summed E-state index contributed by atoms with van der Waals surface area (Å²) in [5, 5.41) is 5.87. The topological polar surface area (TPSA) is 91.3 Å². The van der Waals surface area contributed by atoms with Gasteiger partial charge in [0.05, 0.1) is 29.0 Å². The van der Waals surface area contributed by atoms with Crippen LogP contribution in [-0.4, -0.2) is 41.2 Å². The van der Waals surface area contributed by atoms with Crippen molar-refractivity contribution in [3.8, 4) is 5.75 Å². The summed E-state index contributed by atoms with van der Waals surface area (Å²) in [4.78, 5) is 15.5. The molecule has 8 nitrogen and oxygen atoms in total. The van der Waals surface area contributed by atoms with Crippen molar-refractivity contribution in [1.29, 1.82) is 0 Å². The smallest absolute Gasteiger partial charge is 0.280 e. The quantitative estimate of drug-likeness (QED) is 0.447. The number of amides is 1. The fourth-order valence-electron chi connectivity index (χ4n) is 3.78. The van der Waals surface area contributed by atoms with Crippen LogP contribution in [0.3, 0.4) is 0 Å². The van der Waals surface area contributed by atoms with Gasteiger partial charge in [-0.15, -0.1) is 0 Å². The minimum absolute atomic E-state index is 0.171. The maximum atomic E-state index is 13.3. The zero-order chi connectivity index (χ0) is 25.9. The second kappa shape index (κ2) is 10.2. The molecule has 0 saturated carbocycles. The van der Waals surface area contributed by atoms with E-state index in [1.807, 2.05) is 44.1 Å². The number of methoxy groups -OCH3 is 1. The van der Waals surface area contributed by atoms with Crippen LogP contribution in [0.4, 0.5) is 17.1 Å². The van der Waals surface area contributed by atoms with Gasteiger partial charge in [-0.1, -0.05) is 25.1 Å². The number of hydrazone groups is 1. The van der Waals surface area contributed by atoms with E-state index in [0.717, 1.165) is 11.3 Å². The molecule has 1 aliphatic heterocycles. The average molecular weight is 505 g/mol. The minimum Gasteiger partial charge on any atom is -0.496 e. The average Bonchev–Trinajstić information content (AvgIpc) is 3.20. The molecule has 36 heavy (non-hydrogen) atoms. The summed E-state index contributed by atoms with van der Waals surface area (Å²) in [7, 11) is 1.79. The molecule has 0 saturated heterocycles. The van der Waals surface area contributed by atoms with Gasteiger partial charge in [0.1, 0.15) is 5.75 Å². The number of carbonyl (C=O) groups excluding carboxylic acids is 1. The predicted molar refractivity (Wildman–Crippen MR) is 144 cm³/mol. The number of anilines is 3. The van der Waals surface area contributed by atoms with Gasteiger partial charge in [0, 0.05) is 37.1 Å². The Balaban J connectivity index is 1.58. The SMILES string of the molecule is CCC1=NN(c2ccc(NS(=O)(=O)c3ccccc3)cc2)C(=O)C1=Cc1ccc(N(C)C)cc1OC. The highest BCUT2D eigenvalue weighted by molar-refractivity contribution is 7.92. The number of benzene rings is 3. The number of nitrogens with one attached hydrogen (secondary N) is 1. The summed E-state index contributed by atoms with van der Waals surface area (Å²) in [5.41, 5.74) is 3.83. The second-order valence-corrected chi connectivity index (χ2v) is 10.0. The number of carbonyl (C=O) groups is 1. The van der Waals surface area contributed by atoms with Gasteiger partial charge in [0.2, 0.25) is 0 Å². The molecule has 1 heterocycles. The summed E-state index contributed by atoms with van der Waals surface area (Å²) in [6.07, 6.45) is 2.37. The summed E-state index contributed by atoms with van der Waals surface area (Å²) >= 11 is 0. The van der Waals surface area contributed by atoms with E-state index in [2.05, 4.69) is 9.82 Å². The molecular formula is C27H28N4O4S. The van der Waals surface area contributed by atoms with Crippen molar-refractivity contribution in [2.24, 2.45) is 5.10 Å². The number of hydrogen-bond acceptors (Lipinski definition) is 6. The molecular weight excluding hydrogens is 476 g/mol. The summed E-state index contributed by atoms with van der Waals surface area (Å²) < 4.78 is 33.3. The molecule has 0 radical (unpaired) electrons. The first-order valence-electron chi connectivity index (χ1n) is 11.4. The first-order chi connectivity index (χ1) is 17.2. The third-order valence-electron chi connectivity index (χ3n) is 5.74. The number of hydrogen-bond donors (Lipinski definition) is 1. The van der Waals surface area contributed by atoms with E-state index >= 15 is 0 Å². The van der Waals surface area contributed by atoms with Crippen molar-refractivity contribution in [3.05, 3.63) is 83.9 Å². The summed E-state index contributed by atoms with van der Waals surface area (Å²) in [5.74, 6) is 0.397. The van der Waals surface area contributed by atoms with Gasteiger partial charge in [-0.05, 0) is 61.0 Å². The number of rotatable bonds is 8. The van der Waals surface area contributed by atoms with Crippen LogP contribution in [0.25, 0.3) is 6.08 Å². The van der Waals surface area contributed by atoms with Gasteiger partial charge in [0.15, 0.2) is 0 Å². The Morgan fingerprint density at radius 3 is 2.33 bits per heavy atom. The zero-order valence-corrected chi connectivity index (χ0v) is 21.4. The molecule has 0 fully saturated rings. The van der Waals surface area contributed by atoms with Crippen LogP contribution in [0.1, 0.15) is 18.9 Å². The van der Waals surface area contributed by atoms with Crippen molar-refractivity contribution >= 4 is 44.8 Å². The van der Waals surface area contributed by atoms with E-state index in [-0.39, 0.29) is 10.8 Å². The highest BCUT2D eigenvalue weighted by Crippen LogP contribution is 2.31. The Morgan fingerprint density at radius 1 is 1.03 bits per heavy atom. The van der Waals surface area contributed by atoms with Gasteiger partial charge < -0.3 is 9.64 Å².